The highest BCUT2D eigenvalue weighted by atomic mass is 19.4. The van der Waals surface area contributed by atoms with Crippen LogP contribution >= 0.6 is 0 Å². The first-order valence-corrected chi connectivity index (χ1v) is 8.42. The van der Waals surface area contributed by atoms with Crippen LogP contribution in [-0.2, 0) is 17.4 Å². The second-order valence-electron chi connectivity index (χ2n) is 6.67. The fourth-order valence-corrected chi connectivity index (χ4v) is 3.95. The summed E-state index contributed by atoms with van der Waals surface area (Å²) in [6.07, 6.45) is 2.10. The average molecular weight is 325 g/mol. The van der Waals surface area contributed by atoms with Gasteiger partial charge in [-0.1, -0.05) is 37.5 Å². The summed E-state index contributed by atoms with van der Waals surface area (Å²) in [6.45, 7) is 0.697. The van der Waals surface area contributed by atoms with Crippen molar-refractivity contribution in [3.63, 3.8) is 0 Å². The van der Waals surface area contributed by atoms with E-state index in [1.165, 1.54) is 18.6 Å². The molecule has 23 heavy (non-hydrogen) atoms. The monoisotopic (exact) mass is 325 g/mol. The quantitative estimate of drug-likeness (QED) is 0.805. The van der Waals surface area contributed by atoms with Crippen molar-refractivity contribution in [1.82, 2.24) is 4.90 Å². The largest absolute Gasteiger partial charge is 0.416 e. The number of alkyl halides is 3. The van der Waals surface area contributed by atoms with E-state index in [9.17, 15) is 18.0 Å². The standard InChI is InChI=1S/C18H22F3NO/c19-18(20,21)16-9-5-4-6-13(16)12-14-10-11-22(17(14)23)15-7-2-1-3-8-15/h4-6,9,14-15H,1-3,7-8,10-12H2. The molecular formula is C18H22F3NO. The normalized spacial score (nSPS) is 23.5. The Hall–Kier alpha value is -1.52. The molecule has 2 fully saturated rings. The lowest BCUT2D eigenvalue weighted by Crippen LogP contribution is -2.39. The van der Waals surface area contributed by atoms with Crippen LogP contribution < -0.4 is 0 Å². The van der Waals surface area contributed by atoms with Gasteiger partial charge < -0.3 is 4.90 Å². The Morgan fingerprint density at radius 3 is 2.43 bits per heavy atom. The van der Waals surface area contributed by atoms with E-state index in [2.05, 4.69) is 0 Å². The van der Waals surface area contributed by atoms with E-state index in [-0.39, 0.29) is 23.8 Å². The second-order valence-corrected chi connectivity index (χ2v) is 6.67. The zero-order valence-corrected chi connectivity index (χ0v) is 13.1. The second kappa shape index (κ2) is 6.54. The van der Waals surface area contributed by atoms with Gasteiger partial charge >= 0.3 is 6.18 Å². The maximum absolute atomic E-state index is 13.1. The van der Waals surface area contributed by atoms with E-state index >= 15 is 0 Å². The smallest absolute Gasteiger partial charge is 0.339 e. The summed E-state index contributed by atoms with van der Waals surface area (Å²) in [7, 11) is 0. The van der Waals surface area contributed by atoms with Crippen LogP contribution in [0.1, 0.15) is 49.7 Å². The van der Waals surface area contributed by atoms with Crippen LogP contribution in [0.4, 0.5) is 13.2 Å². The number of hydrogen-bond donors (Lipinski definition) is 0. The molecule has 1 aliphatic carbocycles. The van der Waals surface area contributed by atoms with E-state index in [0.717, 1.165) is 31.7 Å². The first-order chi connectivity index (χ1) is 11.0. The topological polar surface area (TPSA) is 20.3 Å². The zero-order valence-electron chi connectivity index (χ0n) is 13.1. The van der Waals surface area contributed by atoms with Crippen LogP contribution in [0.3, 0.4) is 0 Å². The molecule has 1 amide bonds. The number of rotatable bonds is 3. The lowest BCUT2D eigenvalue weighted by Gasteiger charge is -2.31. The number of carbonyl (C=O) groups excluding carboxylic acids is 1. The van der Waals surface area contributed by atoms with Gasteiger partial charge in [0.15, 0.2) is 0 Å². The Labute approximate surface area is 134 Å². The molecule has 1 heterocycles. The van der Waals surface area contributed by atoms with Gasteiger partial charge in [-0.25, -0.2) is 0 Å². The molecule has 1 unspecified atom stereocenters. The van der Waals surface area contributed by atoms with Gasteiger partial charge in [-0.2, -0.15) is 13.2 Å². The fourth-order valence-electron chi connectivity index (χ4n) is 3.95. The first-order valence-electron chi connectivity index (χ1n) is 8.42. The first kappa shape index (κ1) is 16.3. The lowest BCUT2D eigenvalue weighted by molar-refractivity contribution is -0.139. The molecule has 1 aromatic rings. The molecule has 0 N–H and O–H groups in total. The Balaban J connectivity index is 1.71. The van der Waals surface area contributed by atoms with Crippen molar-refractivity contribution in [3.8, 4) is 0 Å². The van der Waals surface area contributed by atoms with Crippen molar-refractivity contribution in [1.29, 1.82) is 0 Å². The van der Waals surface area contributed by atoms with Gasteiger partial charge in [0, 0.05) is 18.5 Å². The van der Waals surface area contributed by atoms with Gasteiger partial charge in [-0.05, 0) is 37.3 Å². The van der Waals surface area contributed by atoms with E-state index < -0.39 is 11.7 Å². The summed E-state index contributed by atoms with van der Waals surface area (Å²) in [5.74, 6) is -0.255. The molecule has 0 aromatic heterocycles. The molecule has 1 saturated carbocycles. The van der Waals surface area contributed by atoms with Crippen molar-refractivity contribution in [2.75, 3.05) is 6.54 Å². The van der Waals surface area contributed by atoms with E-state index in [1.54, 1.807) is 6.07 Å². The number of likely N-dealkylation sites (tertiary alicyclic amines) is 1. The van der Waals surface area contributed by atoms with Gasteiger partial charge in [0.25, 0.3) is 0 Å². The Morgan fingerprint density at radius 2 is 1.74 bits per heavy atom. The van der Waals surface area contributed by atoms with Crippen LogP contribution in [0, 0.1) is 5.92 Å². The van der Waals surface area contributed by atoms with Crippen molar-refractivity contribution >= 4 is 5.91 Å². The molecule has 0 radical (unpaired) electrons. The molecule has 0 bridgehead atoms. The molecule has 0 spiro atoms. The number of nitrogens with zero attached hydrogens (tertiary/aromatic N) is 1. The third-order valence-corrected chi connectivity index (χ3v) is 5.16. The van der Waals surface area contributed by atoms with Crippen molar-refractivity contribution in [2.45, 2.75) is 57.2 Å². The van der Waals surface area contributed by atoms with Crippen molar-refractivity contribution in [2.24, 2.45) is 5.92 Å². The van der Waals surface area contributed by atoms with Crippen LogP contribution in [0.5, 0.6) is 0 Å². The third-order valence-electron chi connectivity index (χ3n) is 5.16. The molecule has 1 aliphatic heterocycles. The highest BCUT2D eigenvalue weighted by molar-refractivity contribution is 5.81. The molecule has 2 nitrogen and oxygen atoms in total. The van der Waals surface area contributed by atoms with Crippen LogP contribution in [0.25, 0.3) is 0 Å². The van der Waals surface area contributed by atoms with Crippen LogP contribution in [-0.4, -0.2) is 23.4 Å². The molecule has 1 aromatic carbocycles. The number of amides is 1. The molecular weight excluding hydrogens is 303 g/mol. The Morgan fingerprint density at radius 1 is 1.04 bits per heavy atom. The van der Waals surface area contributed by atoms with Gasteiger partial charge in [-0.3, -0.25) is 4.79 Å². The van der Waals surface area contributed by atoms with Gasteiger partial charge in [0.1, 0.15) is 0 Å². The summed E-state index contributed by atoms with van der Waals surface area (Å²) in [4.78, 5) is 14.5. The lowest BCUT2D eigenvalue weighted by atomic mass is 9.93. The van der Waals surface area contributed by atoms with Crippen LogP contribution in [0.15, 0.2) is 24.3 Å². The highest BCUT2D eigenvalue weighted by Crippen LogP contribution is 2.35. The number of carbonyl (C=O) groups is 1. The van der Waals surface area contributed by atoms with E-state index in [4.69, 9.17) is 0 Å². The van der Waals surface area contributed by atoms with E-state index in [0.29, 0.717) is 19.0 Å². The summed E-state index contributed by atoms with van der Waals surface area (Å²) in [6, 6.07) is 5.92. The summed E-state index contributed by atoms with van der Waals surface area (Å²) < 4.78 is 39.3. The maximum Gasteiger partial charge on any atom is 0.416 e. The number of halogens is 3. The maximum atomic E-state index is 13.1. The minimum Gasteiger partial charge on any atom is -0.339 e. The van der Waals surface area contributed by atoms with Crippen molar-refractivity contribution < 1.29 is 18.0 Å². The number of benzene rings is 1. The van der Waals surface area contributed by atoms with E-state index in [1.807, 2.05) is 4.90 Å². The summed E-state index contributed by atoms with van der Waals surface area (Å²) in [5.41, 5.74) is -0.368. The highest BCUT2D eigenvalue weighted by Gasteiger charge is 2.38. The SMILES string of the molecule is O=C1C(Cc2ccccc2C(F)(F)F)CCN1C1CCCCC1. The molecule has 1 saturated heterocycles. The van der Waals surface area contributed by atoms with Gasteiger partial charge in [0.05, 0.1) is 5.56 Å². The molecule has 1 atom stereocenters. The number of hydrogen-bond acceptors (Lipinski definition) is 1. The Kier molecular flexibility index (Phi) is 4.64. The molecule has 5 heteroatoms. The fraction of sp³-hybridized carbons (Fsp3) is 0.611. The minimum atomic E-state index is -4.36. The predicted molar refractivity (Wildman–Crippen MR) is 81.8 cm³/mol. The molecule has 126 valence electrons. The van der Waals surface area contributed by atoms with Crippen molar-refractivity contribution in [3.05, 3.63) is 35.4 Å². The predicted octanol–water partition coefficient (Wildman–Crippen LogP) is 4.43. The third kappa shape index (κ3) is 3.54. The summed E-state index contributed by atoms with van der Waals surface area (Å²) in [5, 5.41) is 0. The molecule has 2 aliphatic rings. The summed E-state index contributed by atoms with van der Waals surface area (Å²) >= 11 is 0. The minimum absolute atomic E-state index is 0.0499. The molecule has 3 rings (SSSR count). The van der Waals surface area contributed by atoms with Gasteiger partial charge in [-0.15, -0.1) is 0 Å². The van der Waals surface area contributed by atoms with Gasteiger partial charge in [0.2, 0.25) is 5.91 Å². The Bertz CT molecular complexity index is 564. The zero-order chi connectivity index (χ0) is 16.4. The van der Waals surface area contributed by atoms with Crippen LogP contribution in [0.2, 0.25) is 0 Å². The average Bonchev–Trinajstić information content (AvgIpc) is 2.89.